The van der Waals surface area contributed by atoms with Gasteiger partial charge < -0.3 is 14.2 Å². The summed E-state index contributed by atoms with van der Waals surface area (Å²) in [4.78, 5) is 0. The second kappa shape index (κ2) is 6.90. The van der Waals surface area contributed by atoms with Gasteiger partial charge in [-0.1, -0.05) is 5.92 Å². The van der Waals surface area contributed by atoms with Crippen LogP contribution in [-0.2, 0) is 4.74 Å². The highest BCUT2D eigenvalue weighted by atomic mass is 19.4. The number of ether oxygens (including phenoxy) is 3. The third-order valence-electron chi connectivity index (χ3n) is 2.09. The van der Waals surface area contributed by atoms with Crippen molar-refractivity contribution in [1.82, 2.24) is 0 Å². The zero-order valence-corrected chi connectivity index (χ0v) is 10.3. The van der Waals surface area contributed by atoms with Crippen molar-refractivity contribution in [3.8, 4) is 23.8 Å². The number of methoxy groups -OCH3 is 1. The maximum atomic E-state index is 12.2. The molecule has 0 N–H and O–H groups in total. The highest BCUT2D eigenvalue weighted by molar-refractivity contribution is 5.47. The molecule has 6 heteroatoms. The first-order chi connectivity index (χ1) is 8.96. The summed E-state index contributed by atoms with van der Waals surface area (Å²) in [5.74, 6) is 1.87. The molecule has 0 aliphatic carbocycles. The van der Waals surface area contributed by atoms with Gasteiger partial charge in [-0.15, -0.1) is 19.6 Å². The molecule has 0 bridgehead atoms. The average Bonchev–Trinajstić information content (AvgIpc) is 2.34. The molecule has 1 rings (SSSR count). The van der Waals surface area contributed by atoms with Crippen LogP contribution in [0.25, 0.3) is 0 Å². The molecule has 104 valence electrons. The van der Waals surface area contributed by atoms with Crippen molar-refractivity contribution in [2.75, 3.05) is 20.3 Å². The fraction of sp³-hybridized carbons (Fsp3) is 0.385. The van der Waals surface area contributed by atoms with Gasteiger partial charge in [-0.25, -0.2) is 0 Å². The Bertz CT molecular complexity index is 449. The summed E-state index contributed by atoms with van der Waals surface area (Å²) < 4.78 is 50.5. The lowest BCUT2D eigenvalue weighted by atomic mass is 10.2. The first-order valence-corrected chi connectivity index (χ1v) is 5.44. The monoisotopic (exact) mass is 274 g/mol. The van der Waals surface area contributed by atoms with Crippen LogP contribution in [0, 0.1) is 12.3 Å². The molecule has 3 nitrogen and oxygen atoms in total. The molecule has 1 aromatic rings. The number of rotatable bonds is 6. The first kappa shape index (κ1) is 15.2. The third kappa shape index (κ3) is 5.53. The minimum absolute atomic E-state index is 0.0381. The number of hydrogen-bond acceptors (Lipinski definition) is 3. The maximum Gasteiger partial charge on any atom is 0.573 e. The molecule has 0 unspecified atom stereocenters. The van der Waals surface area contributed by atoms with E-state index in [1.807, 2.05) is 0 Å². The van der Waals surface area contributed by atoms with Gasteiger partial charge in [0.1, 0.15) is 0 Å². The van der Waals surface area contributed by atoms with Crippen molar-refractivity contribution >= 4 is 0 Å². The van der Waals surface area contributed by atoms with Crippen molar-refractivity contribution in [3.05, 3.63) is 23.8 Å². The molecule has 0 heterocycles. The van der Waals surface area contributed by atoms with E-state index in [1.54, 1.807) is 0 Å². The van der Waals surface area contributed by atoms with E-state index in [2.05, 4.69) is 10.7 Å². The second-order valence-corrected chi connectivity index (χ2v) is 3.55. The fourth-order valence-corrected chi connectivity index (χ4v) is 1.31. The van der Waals surface area contributed by atoms with E-state index in [0.717, 1.165) is 6.07 Å². The molecule has 0 aliphatic heterocycles. The normalized spacial score (nSPS) is 10.9. The molecule has 0 amide bonds. The van der Waals surface area contributed by atoms with Crippen molar-refractivity contribution in [3.63, 3.8) is 0 Å². The van der Waals surface area contributed by atoms with E-state index in [1.165, 1.54) is 19.2 Å². The lowest BCUT2D eigenvalue weighted by molar-refractivity contribution is -0.275. The van der Waals surface area contributed by atoms with Gasteiger partial charge >= 0.3 is 6.36 Å². The molecule has 0 saturated heterocycles. The Balaban J connectivity index is 2.81. The Morgan fingerprint density at radius 2 is 1.95 bits per heavy atom. The Morgan fingerprint density at radius 3 is 2.53 bits per heavy atom. The van der Waals surface area contributed by atoms with Crippen LogP contribution in [0.15, 0.2) is 18.2 Å². The summed E-state index contributed by atoms with van der Waals surface area (Å²) in [5, 5.41) is 0. The topological polar surface area (TPSA) is 27.7 Å². The SMILES string of the molecule is C#Cc1ccc(OC(F)(F)F)c(OCCCOC)c1. The quantitative estimate of drug-likeness (QED) is 0.589. The Hall–Kier alpha value is -1.87. The van der Waals surface area contributed by atoms with Crippen LogP contribution < -0.4 is 9.47 Å². The number of hydrogen-bond donors (Lipinski definition) is 0. The van der Waals surface area contributed by atoms with E-state index in [4.69, 9.17) is 15.9 Å². The zero-order valence-electron chi connectivity index (χ0n) is 10.3. The van der Waals surface area contributed by atoms with Gasteiger partial charge in [0.05, 0.1) is 6.61 Å². The van der Waals surface area contributed by atoms with Crippen molar-refractivity contribution in [2.24, 2.45) is 0 Å². The predicted octanol–water partition coefficient (Wildman–Crippen LogP) is 2.98. The third-order valence-corrected chi connectivity index (χ3v) is 2.09. The van der Waals surface area contributed by atoms with Gasteiger partial charge in [-0.05, 0) is 18.2 Å². The molecule has 1 aromatic carbocycles. The van der Waals surface area contributed by atoms with Gasteiger partial charge in [-0.2, -0.15) is 0 Å². The Morgan fingerprint density at radius 1 is 1.21 bits per heavy atom. The van der Waals surface area contributed by atoms with Crippen LogP contribution in [0.5, 0.6) is 11.5 Å². The van der Waals surface area contributed by atoms with Crippen LogP contribution in [0.4, 0.5) is 13.2 Å². The molecule has 0 aromatic heterocycles. The molecule has 0 atom stereocenters. The largest absolute Gasteiger partial charge is 0.573 e. The highest BCUT2D eigenvalue weighted by Gasteiger charge is 2.32. The van der Waals surface area contributed by atoms with E-state index in [9.17, 15) is 13.2 Å². The predicted molar refractivity (Wildman–Crippen MR) is 63.0 cm³/mol. The Kier molecular flexibility index (Phi) is 5.52. The smallest absolute Gasteiger partial charge is 0.490 e. The van der Waals surface area contributed by atoms with E-state index in [0.29, 0.717) is 18.6 Å². The number of alkyl halides is 3. The molecule has 0 saturated carbocycles. The number of benzene rings is 1. The lowest BCUT2D eigenvalue weighted by Gasteiger charge is -2.14. The van der Waals surface area contributed by atoms with Crippen molar-refractivity contribution < 1.29 is 27.4 Å². The van der Waals surface area contributed by atoms with Crippen LogP contribution in [0.1, 0.15) is 12.0 Å². The zero-order chi connectivity index (χ0) is 14.3. The first-order valence-electron chi connectivity index (χ1n) is 5.44. The summed E-state index contributed by atoms with van der Waals surface area (Å²) in [7, 11) is 1.52. The van der Waals surface area contributed by atoms with Crippen molar-refractivity contribution in [1.29, 1.82) is 0 Å². The minimum atomic E-state index is -4.78. The molecule has 19 heavy (non-hydrogen) atoms. The van der Waals surface area contributed by atoms with Gasteiger partial charge in [0, 0.05) is 25.7 Å². The van der Waals surface area contributed by atoms with E-state index >= 15 is 0 Å². The molecule has 0 aliphatic rings. The fourth-order valence-electron chi connectivity index (χ4n) is 1.31. The summed E-state index contributed by atoms with van der Waals surface area (Å²) in [6.45, 7) is 0.653. The molecule has 0 fully saturated rings. The van der Waals surface area contributed by atoms with Crippen LogP contribution in [0.3, 0.4) is 0 Å². The van der Waals surface area contributed by atoms with Crippen LogP contribution in [0.2, 0.25) is 0 Å². The molecular formula is C13H13F3O3. The van der Waals surface area contributed by atoms with Gasteiger partial charge in [0.2, 0.25) is 0 Å². The Labute approximate surface area is 109 Å². The number of halogens is 3. The summed E-state index contributed by atoms with van der Waals surface area (Å²) in [5.41, 5.74) is 0.413. The lowest BCUT2D eigenvalue weighted by Crippen LogP contribution is -2.18. The highest BCUT2D eigenvalue weighted by Crippen LogP contribution is 2.33. The van der Waals surface area contributed by atoms with Crippen LogP contribution >= 0.6 is 0 Å². The summed E-state index contributed by atoms with van der Waals surface area (Å²) in [6, 6.07) is 3.81. The summed E-state index contributed by atoms with van der Waals surface area (Å²) >= 11 is 0. The average molecular weight is 274 g/mol. The minimum Gasteiger partial charge on any atom is -0.490 e. The second-order valence-electron chi connectivity index (χ2n) is 3.55. The molecular weight excluding hydrogens is 261 g/mol. The van der Waals surface area contributed by atoms with Crippen molar-refractivity contribution in [2.45, 2.75) is 12.8 Å². The van der Waals surface area contributed by atoms with Gasteiger partial charge in [0.25, 0.3) is 0 Å². The van der Waals surface area contributed by atoms with Gasteiger partial charge in [-0.3, -0.25) is 0 Å². The molecule has 0 spiro atoms. The van der Waals surface area contributed by atoms with Crippen LogP contribution in [-0.4, -0.2) is 26.7 Å². The van der Waals surface area contributed by atoms with Gasteiger partial charge in [0.15, 0.2) is 11.5 Å². The maximum absolute atomic E-state index is 12.2. The number of terminal acetylenes is 1. The summed E-state index contributed by atoms with van der Waals surface area (Å²) in [6.07, 6.45) is 0.952. The standard InChI is InChI=1S/C13H13F3O3/c1-3-10-5-6-11(19-13(14,15)16)12(9-10)18-8-4-7-17-2/h1,5-6,9H,4,7-8H2,2H3. The van der Waals surface area contributed by atoms with E-state index in [-0.39, 0.29) is 12.4 Å². The molecule has 0 radical (unpaired) electrons. The van der Waals surface area contributed by atoms with E-state index < -0.39 is 12.1 Å².